The lowest BCUT2D eigenvalue weighted by molar-refractivity contribution is 0.577. The fraction of sp³-hybridized carbons (Fsp3) is 0.115. The molecule has 2 aliphatic heterocycles. The number of rotatable bonds is 4. The molecule has 0 amide bonds. The minimum atomic E-state index is -0.0564. The molecule has 2 aliphatic rings. The van der Waals surface area contributed by atoms with Crippen LogP contribution in [0.25, 0.3) is 11.3 Å². The second-order valence-electron chi connectivity index (χ2n) is 8.13. The van der Waals surface area contributed by atoms with Crippen LogP contribution >= 0.6 is 11.8 Å². The van der Waals surface area contributed by atoms with Crippen molar-refractivity contribution in [2.45, 2.75) is 25.2 Å². The molecule has 0 saturated carbocycles. The van der Waals surface area contributed by atoms with Crippen molar-refractivity contribution in [2.75, 3.05) is 9.62 Å². The van der Waals surface area contributed by atoms with Gasteiger partial charge in [0, 0.05) is 16.8 Å². The van der Waals surface area contributed by atoms with Gasteiger partial charge in [-0.15, -0.1) is 0 Å². The highest BCUT2D eigenvalue weighted by atomic mass is 32.2. The van der Waals surface area contributed by atoms with Gasteiger partial charge < -0.3 is 14.0 Å². The van der Waals surface area contributed by atoms with E-state index in [-0.39, 0.29) is 6.98 Å². The molecule has 4 aromatic rings. The van der Waals surface area contributed by atoms with E-state index in [0.29, 0.717) is 0 Å². The summed E-state index contributed by atoms with van der Waals surface area (Å²) in [7, 11) is 0. The monoisotopic (exact) mass is 435 g/mol. The third kappa shape index (κ3) is 2.76. The Balaban J connectivity index is 1.58. The lowest BCUT2D eigenvalue weighted by Crippen LogP contribution is -2.55. The van der Waals surface area contributed by atoms with Crippen LogP contribution in [0.4, 0.5) is 22.9 Å². The van der Waals surface area contributed by atoms with Crippen LogP contribution in [0, 0.1) is 0 Å². The number of aromatic nitrogens is 1. The van der Waals surface area contributed by atoms with Gasteiger partial charge in [-0.05, 0) is 71.7 Å². The summed E-state index contributed by atoms with van der Waals surface area (Å²) in [6, 6.07) is 21.5. The molecule has 6 heteroatoms. The fourth-order valence-corrected chi connectivity index (χ4v) is 5.67. The highest BCUT2D eigenvalue weighted by Crippen LogP contribution is 2.51. The van der Waals surface area contributed by atoms with E-state index in [4.69, 9.17) is 9.40 Å². The van der Waals surface area contributed by atoms with Gasteiger partial charge in [-0.25, -0.2) is 0 Å². The Morgan fingerprint density at radius 3 is 2.66 bits per heavy atom. The molecule has 6 rings (SSSR count). The molecule has 0 spiro atoms. The number of furan rings is 1. The van der Waals surface area contributed by atoms with Crippen LogP contribution in [-0.4, -0.2) is 12.0 Å². The molecule has 0 unspecified atom stereocenters. The van der Waals surface area contributed by atoms with Crippen molar-refractivity contribution in [1.29, 1.82) is 0 Å². The molecule has 0 bridgehead atoms. The van der Waals surface area contributed by atoms with Crippen LogP contribution < -0.4 is 15.1 Å². The minimum Gasteiger partial charge on any atom is -0.449 e. The molecular weight excluding hydrogens is 413 g/mol. The number of anilines is 4. The first kappa shape index (κ1) is 19.3. The number of allylic oxidation sites excluding steroid dienone is 1. The van der Waals surface area contributed by atoms with Gasteiger partial charge in [0.05, 0.1) is 28.9 Å². The lowest BCUT2D eigenvalue weighted by Gasteiger charge is -2.33. The van der Waals surface area contributed by atoms with Crippen molar-refractivity contribution < 1.29 is 4.42 Å². The van der Waals surface area contributed by atoms with Crippen LogP contribution in [0.15, 0.2) is 93.9 Å². The number of aryl methyl sites for hydroxylation is 1. The molecule has 32 heavy (non-hydrogen) atoms. The molecular formula is C26H22BN3OS. The second-order valence-corrected chi connectivity index (χ2v) is 9.47. The fourth-order valence-electron chi connectivity index (χ4n) is 4.83. The zero-order chi connectivity index (χ0) is 21.8. The quantitative estimate of drug-likeness (QED) is 0.269. The highest BCUT2D eigenvalue weighted by molar-refractivity contribution is 8.03. The molecule has 2 aromatic heterocycles. The van der Waals surface area contributed by atoms with Crippen molar-refractivity contribution in [3.05, 3.63) is 90.2 Å². The third-order valence-corrected chi connectivity index (χ3v) is 7.08. The Hall–Kier alpha value is -3.38. The van der Waals surface area contributed by atoms with E-state index >= 15 is 0 Å². The number of pyridine rings is 1. The SMILES string of the molecule is C=C(C)Sc1ccc(N2B3c4cccnc4-c4ccoc4N3c3ccccc32)cc1CC. The van der Waals surface area contributed by atoms with Crippen molar-refractivity contribution in [3.63, 3.8) is 0 Å². The number of thioether (sulfide) groups is 1. The zero-order valence-electron chi connectivity index (χ0n) is 18.1. The summed E-state index contributed by atoms with van der Waals surface area (Å²) >= 11 is 1.74. The summed E-state index contributed by atoms with van der Waals surface area (Å²) in [6.45, 7) is 8.29. The van der Waals surface area contributed by atoms with Crippen molar-refractivity contribution in [3.8, 4) is 11.3 Å². The zero-order valence-corrected chi connectivity index (χ0v) is 18.9. The standard InChI is InChI=1S/C26H22BN3OS/c1-4-18-16-19(11-12-24(18)32-17(2)3)29-22-9-5-6-10-23(22)30-26-20(13-15-31-26)25-21(27(29)30)8-7-14-28-25/h5-16H,2,4H2,1,3H3. The van der Waals surface area contributed by atoms with Gasteiger partial charge in [-0.3, -0.25) is 4.98 Å². The Kier molecular flexibility index (Phi) is 4.44. The largest absolute Gasteiger partial charge is 0.449 e. The molecule has 2 aromatic carbocycles. The molecule has 4 nitrogen and oxygen atoms in total. The van der Waals surface area contributed by atoms with E-state index in [1.807, 2.05) is 18.3 Å². The molecule has 0 aliphatic carbocycles. The topological polar surface area (TPSA) is 32.5 Å². The average Bonchev–Trinajstić information content (AvgIpc) is 3.42. The van der Waals surface area contributed by atoms with Gasteiger partial charge in [0.1, 0.15) is 0 Å². The van der Waals surface area contributed by atoms with Crippen molar-refractivity contribution in [1.82, 2.24) is 4.98 Å². The van der Waals surface area contributed by atoms with Crippen LogP contribution in [0.3, 0.4) is 0 Å². The maximum atomic E-state index is 6.02. The normalized spacial score (nSPS) is 13.5. The van der Waals surface area contributed by atoms with Crippen molar-refractivity contribution >= 4 is 47.2 Å². The average molecular weight is 435 g/mol. The summed E-state index contributed by atoms with van der Waals surface area (Å²) in [5, 5.41) is 0. The molecule has 0 saturated heterocycles. The summed E-state index contributed by atoms with van der Waals surface area (Å²) in [4.78, 5) is 11.8. The predicted molar refractivity (Wildman–Crippen MR) is 135 cm³/mol. The van der Waals surface area contributed by atoms with Gasteiger partial charge in [0.2, 0.25) is 0 Å². The number of hydrogen-bond acceptors (Lipinski definition) is 5. The smallest absolute Gasteiger partial charge is 0.425 e. The Labute approximate surface area is 192 Å². The van der Waals surface area contributed by atoms with Crippen LogP contribution in [-0.2, 0) is 6.42 Å². The number of hydrogen-bond donors (Lipinski definition) is 0. The van der Waals surface area contributed by atoms with Crippen LogP contribution in [0.5, 0.6) is 0 Å². The number of para-hydroxylation sites is 2. The van der Waals surface area contributed by atoms with E-state index in [9.17, 15) is 0 Å². The number of benzene rings is 2. The lowest BCUT2D eigenvalue weighted by atomic mass is 9.61. The predicted octanol–water partition coefficient (Wildman–Crippen LogP) is 6.53. The molecule has 0 atom stereocenters. The number of nitrogens with zero attached hydrogens (tertiary/aromatic N) is 3. The molecule has 156 valence electrons. The molecule has 0 fully saturated rings. The summed E-state index contributed by atoms with van der Waals surface area (Å²) < 4.78 is 6.02. The Morgan fingerprint density at radius 2 is 1.88 bits per heavy atom. The highest BCUT2D eigenvalue weighted by Gasteiger charge is 2.49. The maximum absolute atomic E-state index is 6.02. The van der Waals surface area contributed by atoms with Crippen molar-refractivity contribution in [2.24, 2.45) is 0 Å². The summed E-state index contributed by atoms with van der Waals surface area (Å²) in [5.41, 5.74) is 8.00. The van der Waals surface area contributed by atoms with E-state index in [1.54, 1.807) is 18.0 Å². The van der Waals surface area contributed by atoms with E-state index in [1.165, 1.54) is 21.6 Å². The molecule has 0 N–H and O–H groups in total. The third-order valence-electron chi connectivity index (χ3n) is 6.11. The first-order valence-electron chi connectivity index (χ1n) is 10.8. The van der Waals surface area contributed by atoms with Gasteiger partial charge in [0.25, 0.3) is 0 Å². The molecule has 0 radical (unpaired) electrons. The van der Waals surface area contributed by atoms with Gasteiger partial charge in [-0.1, -0.05) is 43.5 Å². The van der Waals surface area contributed by atoms with Gasteiger partial charge in [0.15, 0.2) is 5.88 Å². The molecule has 4 heterocycles. The Morgan fingerprint density at radius 1 is 1.06 bits per heavy atom. The minimum absolute atomic E-state index is 0.0564. The van der Waals surface area contributed by atoms with E-state index < -0.39 is 0 Å². The second kappa shape index (κ2) is 7.35. The summed E-state index contributed by atoms with van der Waals surface area (Å²) in [6.07, 6.45) is 4.58. The van der Waals surface area contributed by atoms with Crippen LogP contribution in [0.2, 0.25) is 0 Å². The van der Waals surface area contributed by atoms with Gasteiger partial charge in [-0.2, -0.15) is 0 Å². The van der Waals surface area contributed by atoms with Gasteiger partial charge >= 0.3 is 6.98 Å². The Bertz CT molecular complexity index is 1360. The van der Waals surface area contributed by atoms with E-state index in [0.717, 1.165) is 39.8 Å². The first-order valence-corrected chi connectivity index (χ1v) is 11.7. The van der Waals surface area contributed by atoms with Crippen LogP contribution in [0.1, 0.15) is 19.4 Å². The summed E-state index contributed by atoms with van der Waals surface area (Å²) in [5.74, 6) is 0.848. The maximum Gasteiger partial charge on any atom is 0.425 e. The number of fused-ring (bicyclic) bond motifs is 8. The van der Waals surface area contributed by atoms with E-state index in [2.05, 4.69) is 78.6 Å². The first-order chi connectivity index (χ1) is 15.7.